The number of rotatable bonds is 4. The summed E-state index contributed by atoms with van der Waals surface area (Å²) in [7, 11) is 0. The van der Waals surface area contributed by atoms with Gasteiger partial charge in [-0.2, -0.15) is 0 Å². The van der Waals surface area contributed by atoms with E-state index in [4.69, 9.17) is 0 Å². The lowest BCUT2D eigenvalue weighted by molar-refractivity contribution is -0.114. The molecule has 4 heteroatoms. The van der Waals surface area contributed by atoms with Crippen LogP contribution < -0.4 is 10.6 Å². The zero-order valence-corrected chi connectivity index (χ0v) is 12.7. The van der Waals surface area contributed by atoms with Gasteiger partial charge < -0.3 is 15.5 Å². The second-order valence-corrected chi connectivity index (χ2v) is 5.56. The van der Waals surface area contributed by atoms with E-state index in [1.54, 1.807) is 0 Å². The summed E-state index contributed by atoms with van der Waals surface area (Å²) in [4.78, 5) is 13.6. The van der Waals surface area contributed by atoms with Crippen molar-refractivity contribution >= 4 is 17.3 Å². The minimum absolute atomic E-state index is 0.0271. The summed E-state index contributed by atoms with van der Waals surface area (Å²) in [5.41, 5.74) is 3.13. The summed E-state index contributed by atoms with van der Waals surface area (Å²) in [6.45, 7) is 9.28. The Bertz CT molecular complexity index is 465. The maximum absolute atomic E-state index is 11.1. The fourth-order valence-electron chi connectivity index (χ4n) is 2.71. The number of hydrogen-bond acceptors (Lipinski definition) is 3. The maximum atomic E-state index is 11.1. The van der Waals surface area contributed by atoms with Gasteiger partial charge in [-0.3, -0.25) is 4.79 Å². The van der Waals surface area contributed by atoms with E-state index in [-0.39, 0.29) is 5.91 Å². The van der Waals surface area contributed by atoms with Crippen molar-refractivity contribution in [1.82, 2.24) is 4.90 Å². The third kappa shape index (κ3) is 3.97. The van der Waals surface area contributed by atoms with E-state index in [1.165, 1.54) is 32.9 Å². The summed E-state index contributed by atoms with van der Waals surface area (Å²) < 4.78 is 0. The number of nitrogens with zero attached hydrogens (tertiary/aromatic N) is 1. The van der Waals surface area contributed by atoms with E-state index in [2.05, 4.69) is 28.5 Å². The zero-order chi connectivity index (χ0) is 14.5. The van der Waals surface area contributed by atoms with Crippen LogP contribution in [0.4, 0.5) is 11.4 Å². The Labute approximate surface area is 121 Å². The standard InChI is InChI=1S/C16H25N3O/c1-4-19-9-7-14(8-10-19)18-15-5-6-16(12(2)11-15)17-13(3)20/h5-6,11,14,18H,4,7-10H2,1-3H3,(H,17,20). The van der Waals surface area contributed by atoms with Crippen LogP contribution >= 0.6 is 0 Å². The molecule has 0 aliphatic carbocycles. The molecular weight excluding hydrogens is 250 g/mol. The maximum Gasteiger partial charge on any atom is 0.221 e. The Morgan fingerprint density at radius 3 is 2.60 bits per heavy atom. The minimum Gasteiger partial charge on any atom is -0.382 e. The SMILES string of the molecule is CCN1CCC(Nc2ccc(NC(C)=O)c(C)c2)CC1. The molecule has 4 nitrogen and oxygen atoms in total. The van der Waals surface area contributed by atoms with Crippen LogP contribution in [0.3, 0.4) is 0 Å². The van der Waals surface area contributed by atoms with Crippen LogP contribution in [0.15, 0.2) is 18.2 Å². The smallest absolute Gasteiger partial charge is 0.221 e. The molecule has 2 rings (SSSR count). The molecule has 1 heterocycles. The average Bonchev–Trinajstić information content (AvgIpc) is 2.42. The summed E-state index contributed by atoms with van der Waals surface area (Å²) in [5.74, 6) is -0.0271. The fourth-order valence-corrected chi connectivity index (χ4v) is 2.71. The van der Waals surface area contributed by atoms with Gasteiger partial charge in [0.15, 0.2) is 0 Å². The number of anilines is 2. The first-order valence-corrected chi connectivity index (χ1v) is 7.45. The number of amides is 1. The predicted molar refractivity (Wildman–Crippen MR) is 84.2 cm³/mol. The van der Waals surface area contributed by atoms with Crippen molar-refractivity contribution in [1.29, 1.82) is 0 Å². The highest BCUT2D eigenvalue weighted by Crippen LogP contribution is 2.22. The molecule has 1 fully saturated rings. The molecule has 0 saturated carbocycles. The molecule has 0 bridgehead atoms. The molecule has 20 heavy (non-hydrogen) atoms. The van der Waals surface area contributed by atoms with Gasteiger partial charge in [-0.05, 0) is 50.1 Å². The molecule has 0 spiro atoms. The van der Waals surface area contributed by atoms with Gasteiger partial charge in [-0.25, -0.2) is 0 Å². The molecule has 1 aliphatic heterocycles. The van der Waals surface area contributed by atoms with Crippen LogP contribution in [-0.2, 0) is 4.79 Å². The number of piperidine rings is 1. The third-order valence-electron chi connectivity index (χ3n) is 3.94. The highest BCUT2D eigenvalue weighted by atomic mass is 16.1. The highest BCUT2D eigenvalue weighted by Gasteiger charge is 2.17. The Morgan fingerprint density at radius 1 is 1.35 bits per heavy atom. The first kappa shape index (κ1) is 14.9. The molecule has 1 aromatic carbocycles. The summed E-state index contributed by atoms with van der Waals surface area (Å²) in [6, 6.07) is 6.69. The van der Waals surface area contributed by atoms with Crippen LogP contribution in [0.1, 0.15) is 32.3 Å². The lowest BCUT2D eigenvalue weighted by Crippen LogP contribution is -2.38. The predicted octanol–water partition coefficient (Wildman–Crippen LogP) is 2.85. The number of likely N-dealkylation sites (tertiary alicyclic amines) is 1. The van der Waals surface area contributed by atoms with Gasteiger partial charge in [-0.1, -0.05) is 6.92 Å². The second kappa shape index (κ2) is 6.75. The van der Waals surface area contributed by atoms with Crippen molar-refractivity contribution in [2.24, 2.45) is 0 Å². The lowest BCUT2D eigenvalue weighted by atomic mass is 10.0. The largest absolute Gasteiger partial charge is 0.382 e. The first-order chi connectivity index (χ1) is 9.58. The van der Waals surface area contributed by atoms with E-state index in [9.17, 15) is 4.79 Å². The number of carbonyl (C=O) groups excluding carboxylic acids is 1. The van der Waals surface area contributed by atoms with E-state index >= 15 is 0 Å². The Balaban J connectivity index is 1.93. The number of carbonyl (C=O) groups is 1. The van der Waals surface area contributed by atoms with Crippen LogP contribution in [-0.4, -0.2) is 36.5 Å². The van der Waals surface area contributed by atoms with Crippen LogP contribution in [0.2, 0.25) is 0 Å². The molecule has 1 amide bonds. The number of aryl methyl sites for hydroxylation is 1. The molecule has 2 N–H and O–H groups in total. The van der Waals surface area contributed by atoms with Gasteiger partial charge in [0, 0.05) is 37.4 Å². The zero-order valence-electron chi connectivity index (χ0n) is 12.7. The van der Waals surface area contributed by atoms with Gasteiger partial charge in [0.2, 0.25) is 5.91 Å². The molecule has 0 aromatic heterocycles. The van der Waals surface area contributed by atoms with Gasteiger partial charge in [0.05, 0.1) is 0 Å². The molecule has 0 radical (unpaired) electrons. The Kier molecular flexibility index (Phi) is 5.01. The average molecular weight is 275 g/mol. The summed E-state index contributed by atoms with van der Waals surface area (Å²) in [5, 5.41) is 6.45. The van der Waals surface area contributed by atoms with Crippen molar-refractivity contribution in [2.45, 2.75) is 39.7 Å². The van der Waals surface area contributed by atoms with Gasteiger partial charge in [0.25, 0.3) is 0 Å². The van der Waals surface area contributed by atoms with Crippen molar-refractivity contribution < 1.29 is 4.79 Å². The molecule has 0 unspecified atom stereocenters. The Morgan fingerprint density at radius 2 is 2.05 bits per heavy atom. The normalized spacial score (nSPS) is 16.9. The molecule has 1 saturated heterocycles. The molecule has 1 aliphatic rings. The third-order valence-corrected chi connectivity index (χ3v) is 3.94. The fraction of sp³-hybridized carbons (Fsp3) is 0.562. The van der Waals surface area contributed by atoms with Crippen molar-refractivity contribution in [3.8, 4) is 0 Å². The first-order valence-electron chi connectivity index (χ1n) is 7.45. The van der Waals surface area contributed by atoms with Crippen molar-refractivity contribution in [3.05, 3.63) is 23.8 Å². The van der Waals surface area contributed by atoms with Gasteiger partial charge in [-0.15, -0.1) is 0 Å². The Hall–Kier alpha value is -1.55. The molecule has 1 aromatic rings. The van der Waals surface area contributed by atoms with Gasteiger partial charge >= 0.3 is 0 Å². The highest BCUT2D eigenvalue weighted by molar-refractivity contribution is 5.89. The number of nitrogens with one attached hydrogen (secondary N) is 2. The molecule has 0 atom stereocenters. The monoisotopic (exact) mass is 275 g/mol. The van der Waals surface area contributed by atoms with E-state index < -0.39 is 0 Å². The van der Waals surface area contributed by atoms with E-state index in [1.807, 2.05) is 19.1 Å². The van der Waals surface area contributed by atoms with Gasteiger partial charge in [0.1, 0.15) is 0 Å². The summed E-state index contributed by atoms with van der Waals surface area (Å²) in [6.07, 6.45) is 2.39. The molecular formula is C16H25N3O. The number of hydrogen-bond donors (Lipinski definition) is 2. The minimum atomic E-state index is -0.0271. The van der Waals surface area contributed by atoms with Crippen molar-refractivity contribution in [2.75, 3.05) is 30.3 Å². The van der Waals surface area contributed by atoms with Crippen LogP contribution in [0.5, 0.6) is 0 Å². The lowest BCUT2D eigenvalue weighted by Gasteiger charge is -2.32. The van der Waals surface area contributed by atoms with Crippen molar-refractivity contribution in [3.63, 3.8) is 0 Å². The van der Waals surface area contributed by atoms with Crippen LogP contribution in [0, 0.1) is 6.92 Å². The van der Waals surface area contributed by atoms with E-state index in [0.717, 1.165) is 23.5 Å². The number of benzene rings is 1. The summed E-state index contributed by atoms with van der Waals surface area (Å²) >= 11 is 0. The molecule has 110 valence electrons. The van der Waals surface area contributed by atoms with Crippen LogP contribution in [0.25, 0.3) is 0 Å². The van der Waals surface area contributed by atoms with E-state index in [0.29, 0.717) is 6.04 Å². The topological polar surface area (TPSA) is 44.4 Å². The quantitative estimate of drug-likeness (QED) is 0.888. The second-order valence-electron chi connectivity index (χ2n) is 5.56.